The number of rotatable bonds is 15. The first-order valence-electron chi connectivity index (χ1n) is 11.7. The molecule has 1 rings (SSSR count). The molecule has 3 amide bonds. The number of aliphatic hydroxyl groups is 1. The lowest BCUT2D eigenvalue weighted by atomic mass is 10.0. The Balaban J connectivity index is 2.91. The van der Waals surface area contributed by atoms with Gasteiger partial charge in [0.1, 0.15) is 23.9 Å². The third kappa shape index (κ3) is 10.8. The molecular formula is C24H38N4O7S. The van der Waals surface area contributed by atoms with Crippen LogP contribution in [0.1, 0.15) is 39.2 Å². The predicted octanol–water partition coefficient (Wildman–Crippen LogP) is -0.0190. The molecule has 0 saturated heterocycles. The third-order valence-corrected chi connectivity index (χ3v) is 6.00. The molecule has 0 aromatic heterocycles. The molecule has 5 atom stereocenters. The standard InChI is InChI=1S/C24H38N4O7S/c1-13(2)11-19(27-21(31)17(25)12-15-5-7-16(30)8-6-15)22(32)28-20(14(3)29)23(33)26-18(24(34)35)9-10-36-4/h5-8,13-14,17-20,29-30H,9-12,25H2,1-4H3,(H,26,33)(H,27,31)(H,28,32)(H,34,35). The summed E-state index contributed by atoms with van der Waals surface area (Å²) in [6, 6.07) is 1.62. The Morgan fingerprint density at radius 3 is 2.03 bits per heavy atom. The van der Waals surface area contributed by atoms with Gasteiger partial charge in [0, 0.05) is 0 Å². The molecule has 8 N–H and O–H groups in total. The zero-order valence-electron chi connectivity index (χ0n) is 21.1. The van der Waals surface area contributed by atoms with E-state index in [4.69, 9.17) is 5.73 Å². The molecule has 1 aromatic carbocycles. The van der Waals surface area contributed by atoms with Crippen LogP contribution in [0.5, 0.6) is 5.75 Å². The Bertz CT molecular complexity index is 880. The Morgan fingerprint density at radius 2 is 1.53 bits per heavy atom. The average Bonchev–Trinajstić information content (AvgIpc) is 2.79. The van der Waals surface area contributed by atoms with Gasteiger partial charge in [-0.3, -0.25) is 14.4 Å². The highest BCUT2D eigenvalue weighted by Gasteiger charge is 2.32. The number of aromatic hydroxyl groups is 1. The lowest BCUT2D eigenvalue weighted by molar-refractivity contribution is -0.143. The van der Waals surface area contributed by atoms with Crippen molar-refractivity contribution in [2.24, 2.45) is 11.7 Å². The number of hydrogen-bond donors (Lipinski definition) is 7. The number of aliphatic hydroxyl groups excluding tert-OH is 1. The maximum absolute atomic E-state index is 13.0. The van der Waals surface area contributed by atoms with Gasteiger partial charge in [0.25, 0.3) is 0 Å². The van der Waals surface area contributed by atoms with Crippen molar-refractivity contribution >= 4 is 35.5 Å². The molecule has 0 aliphatic rings. The smallest absolute Gasteiger partial charge is 0.326 e. The van der Waals surface area contributed by atoms with E-state index in [2.05, 4.69) is 16.0 Å². The second kappa shape index (κ2) is 15.3. The number of nitrogens with one attached hydrogen (secondary N) is 3. The molecule has 0 aliphatic heterocycles. The van der Waals surface area contributed by atoms with Crippen molar-refractivity contribution in [3.63, 3.8) is 0 Å². The quantitative estimate of drug-likeness (QED) is 0.165. The maximum atomic E-state index is 13.0. The van der Waals surface area contributed by atoms with Crippen LogP contribution >= 0.6 is 11.8 Å². The van der Waals surface area contributed by atoms with Crippen molar-refractivity contribution in [1.29, 1.82) is 0 Å². The summed E-state index contributed by atoms with van der Waals surface area (Å²) in [5, 5.41) is 36.3. The molecule has 12 heteroatoms. The fraction of sp³-hybridized carbons (Fsp3) is 0.583. The molecule has 0 fully saturated rings. The number of aliphatic carboxylic acids is 1. The van der Waals surface area contributed by atoms with Gasteiger partial charge in [0.05, 0.1) is 12.1 Å². The van der Waals surface area contributed by atoms with Crippen molar-refractivity contribution in [3.8, 4) is 5.75 Å². The molecule has 5 unspecified atom stereocenters. The van der Waals surface area contributed by atoms with E-state index in [0.717, 1.165) is 5.56 Å². The molecule has 0 bridgehead atoms. The zero-order valence-corrected chi connectivity index (χ0v) is 21.9. The fourth-order valence-electron chi connectivity index (χ4n) is 3.37. The lowest BCUT2D eigenvalue weighted by Gasteiger charge is -2.27. The van der Waals surface area contributed by atoms with Crippen LogP contribution in [0.4, 0.5) is 0 Å². The maximum Gasteiger partial charge on any atom is 0.326 e. The molecule has 0 heterocycles. The summed E-state index contributed by atoms with van der Waals surface area (Å²) in [6.07, 6.45) is 1.07. The van der Waals surface area contributed by atoms with E-state index in [1.165, 1.54) is 30.8 Å². The van der Waals surface area contributed by atoms with E-state index in [9.17, 15) is 34.5 Å². The van der Waals surface area contributed by atoms with E-state index in [1.54, 1.807) is 18.4 Å². The number of carbonyl (C=O) groups excluding carboxylic acids is 3. The number of benzene rings is 1. The van der Waals surface area contributed by atoms with Gasteiger partial charge in [-0.05, 0) is 61.8 Å². The highest BCUT2D eigenvalue weighted by atomic mass is 32.2. The molecule has 0 radical (unpaired) electrons. The van der Waals surface area contributed by atoms with Crippen LogP contribution in [0.2, 0.25) is 0 Å². The Hall–Kier alpha value is -2.83. The highest BCUT2D eigenvalue weighted by Crippen LogP contribution is 2.12. The normalized spacial score (nSPS) is 15.3. The summed E-state index contributed by atoms with van der Waals surface area (Å²) in [7, 11) is 0. The van der Waals surface area contributed by atoms with Gasteiger partial charge in [0.15, 0.2) is 0 Å². The second-order valence-corrected chi connectivity index (χ2v) is 10.1. The van der Waals surface area contributed by atoms with E-state index in [0.29, 0.717) is 5.75 Å². The first-order chi connectivity index (χ1) is 16.8. The Labute approximate surface area is 215 Å². The first kappa shape index (κ1) is 31.2. The van der Waals surface area contributed by atoms with Crippen LogP contribution in [0.25, 0.3) is 0 Å². The number of hydrogen-bond acceptors (Lipinski definition) is 8. The molecule has 0 aliphatic carbocycles. The highest BCUT2D eigenvalue weighted by molar-refractivity contribution is 7.98. The first-order valence-corrected chi connectivity index (χ1v) is 13.1. The molecule has 0 saturated carbocycles. The van der Waals surface area contributed by atoms with Crippen LogP contribution in [0.15, 0.2) is 24.3 Å². The van der Waals surface area contributed by atoms with Crippen LogP contribution in [-0.4, -0.2) is 81.3 Å². The van der Waals surface area contributed by atoms with Crippen molar-refractivity contribution in [2.75, 3.05) is 12.0 Å². The fourth-order valence-corrected chi connectivity index (χ4v) is 3.85. The number of thioether (sulfide) groups is 1. The van der Waals surface area contributed by atoms with Crippen molar-refractivity contribution in [3.05, 3.63) is 29.8 Å². The van der Waals surface area contributed by atoms with E-state index in [1.807, 2.05) is 13.8 Å². The lowest BCUT2D eigenvalue weighted by Crippen LogP contribution is -2.60. The number of carboxylic acid groups (broad SMARTS) is 1. The predicted molar refractivity (Wildman–Crippen MR) is 137 cm³/mol. The SMILES string of the molecule is CSCCC(NC(=O)C(NC(=O)C(CC(C)C)NC(=O)C(N)Cc1ccc(O)cc1)C(C)O)C(=O)O. The summed E-state index contributed by atoms with van der Waals surface area (Å²) < 4.78 is 0. The molecule has 1 aromatic rings. The van der Waals surface area contributed by atoms with Crippen molar-refractivity contribution in [1.82, 2.24) is 16.0 Å². The molecular weight excluding hydrogens is 488 g/mol. The van der Waals surface area contributed by atoms with Gasteiger partial charge in [-0.2, -0.15) is 11.8 Å². The minimum absolute atomic E-state index is 0.00358. The van der Waals surface area contributed by atoms with Crippen molar-refractivity contribution in [2.45, 2.75) is 70.3 Å². The van der Waals surface area contributed by atoms with Crippen LogP contribution in [0.3, 0.4) is 0 Å². The number of carbonyl (C=O) groups is 4. The molecule has 11 nitrogen and oxygen atoms in total. The monoisotopic (exact) mass is 526 g/mol. The van der Waals surface area contributed by atoms with E-state index in [-0.39, 0.29) is 30.9 Å². The Morgan fingerprint density at radius 1 is 0.944 bits per heavy atom. The molecule has 0 spiro atoms. The zero-order chi connectivity index (χ0) is 27.4. The van der Waals surface area contributed by atoms with Gasteiger partial charge in [-0.15, -0.1) is 0 Å². The van der Waals surface area contributed by atoms with Gasteiger partial charge < -0.3 is 37.0 Å². The summed E-state index contributed by atoms with van der Waals surface area (Å²) >= 11 is 1.42. The van der Waals surface area contributed by atoms with Crippen molar-refractivity contribution < 1.29 is 34.5 Å². The average molecular weight is 527 g/mol. The number of carboxylic acids is 1. The topological polar surface area (TPSA) is 191 Å². The minimum atomic E-state index is -1.43. The summed E-state index contributed by atoms with van der Waals surface area (Å²) in [5.74, 6) is -2.77. The van der Waals surface area contributed by atoms with E-state index >= 15 is 0 Å². The summed E-state index contributed by atoms with van der Waals surface area (Å²) in [4.78, 5) is 50.0. The van der Waals surface area contributed by atoms with Gasteiger partial charge in [-0.25, -0.2) is 4.79 Å². The van der Waals surface area contributed by atoms with Gasteiger partial charge in [0.2, 0.25) is 17.7 Å². The van der Waals surface area contributed by atoms with E-state index < -0.39 is 54.0 Å². The number of phenols is 1. The van der Waals surface area contributed by atoms with Gasteiger partial charge >= 0.3 is 5.97 Å². The van der Waals surface area contributed by atoms with Crippen LogP contribution in [-0.2, 0) is 25.6 Å². The second-order valence-electron chi connectivity index (χ2n) is 9.08. The number of amides is 3. The third-order valence-electron chi connectivity index (χ3n) is 5.36. The summed E-state index contributed by atoms with van der Waals surface area (Å²) in [6.45, 7) is 5.00. The largest absolute Gasteiger partial charge is 0.508 e. The minimum Gasteiger partial charge on any atom is -0.508 e. The van der Waals surface area contributed by atoms with Crippen LogP contribution in [0, 0.1) is 5.92 Å². The molecule has 202 valence electrons. The molecule has 36 heavy (non-hydrogen) atoms. The van der Waals surface area contributed by atoms with Gasteiger partial charge in [-0.1, -0.05) is 26.0 Å². The summed E-state index contributed by atoms with van der Waals surface area (Å²) in [5.41, 5.74) is 6.74. The number of nitrogens with two attached hydrogens (primary N) is 1. The van der Waals surface area contributed by atoms with Crippen LogP contribution < -0.4 is 21.7 Å². The Kier molecular flexibility index (Phi) is 13.3. The number of phenolic OH excluding ortho intramolecular Hbond substituents is 1.